The molecule has 0 aliphatic carbocycles. The minimum absolute atomic E-state index is 0.790. The van der Waals surface area contributed by atoms with Crippen molar-refractivity contribution >= 4 is 27.3 Å². The van der Waals surface area contributed by atoms with Crippen LogP contribution in [0.4, 0.5) is 0 Å². The number of thiophene rings is 1. The van der Waals surface area contributed by atoms with Crippen molar-refractivity contribution < 1.29 is 0 Å². The molecule has 0 fully saturated rings. The molecule has 2 aromatic rings. The predicted molar refractivity (Wildman–Crippen MR) is 71.2 cm³/mol. The number of hydrogen-bond donors (Lipinski definition) is 1. The van der Waals surface area contributed by atoms with Gasteiger partial charge in [0, 0.05) is 40.2 Å². The topological polar surface area (TPSA) is 29.9 Å². The molecule has 2 aromatic heterocycles. The summed E-state index contributed by atoms with van der Waals surface area (Å²) in [5.41, 5.74) is 1.16. The molecule has 0 spiro atoms. The van der Waals surface area contributed by atoms with Crippen molar-refractivity contribution in [1.29, 1.82) is 0 Å². The zero-order valence-corrected chi connectivity index (χ0v) is 11.1. The Hall–Kier alpha value is -0.910. The molecule has 1 N–H and O–H groups in total. The highest BCUT2D eigenvalue weighted by molar-refractivity contribution is 9.11. The Morgan fingerprint density at radius 2 is 2.50 bits per heavy atom. The SMILES string of the molecule is C=C(Br)CNCc1cc(-n2ccnc2)cs1. The highest BCUT2D eigenvalue weighted by atomic mass is 79.9. The largest absolute Gasteiger partial charge is 0.307 e. The van der Waals surface area contributed by atoms with E-state index in [-0.39, 0.29) is 0 Å². The highest BCUT2D eigenvalue weighted by Crippen LogP contribution is 2.18. The number of aromatic nitrogens is 2. The molecule has 0 atom stereocenters. The van der Waals surface area contributed by atoms with Crippen LogP contribution in [0.15, 0.2) is 41.2 Å². The average molecular weight is 298 g/mol. The molecular weight excluding hydrogens is 286 g/mol. The molecule has 0 aliphatic heterocycles. The molecule has 0 bridgehead atoms. The van der Waals surface area contributed by atoms with Gasteiger partial charge in [0.1, 0.15) is 0 Å². The molecule has 2 heterocycles. The van der Waals surface area contributed by atoms with Gasteiger partial charge in [-0.1, -0.05) is 22.5 Å². The van der Waals surface area contributed by atoms with Gasteiger partial charge in [-0.05, 0) is 6.07 Å². The Balaban J connectivity index is 1.95. The molecular formula is C11H12BrN3S. The molecule has 16 heavy (non-hydrogen) atoms. The van der Waals surface area contributed by atoms with Crippen molar-refractivity contribution in [3.05, 3.63) is 46.1 Å². The van der Waals surface area contributed by atoms with E-state index in [0.29, 0.717) is 0 Å². The van der Waals surface area contributed by atoms with Gasteiger partial charge in [-0.2, -0.15) is 0 Å². The molecule has 2 rings (SSSR count). The van der Waals surface area contributed by atoms with E-state index in [1.807, 2.05) is 10.8 Å². The maximum atomic E-state index is 4.03. The van der Waals surface area contributed by atoms with Crippen molar-refractivity contribution in [2.24, 2.45) is 0 Å². The monoisotopic (exact) mass is 297 g/mol. The van der Waals surface area contributed by atoms with E-state index in [0.717, 1.165) is 23.3 Å². The normalized spacial score (nSPS) is 10.6. The van der Waals surface area contributed by atoms with E-state index in [1.54, 1.807) is 23.9 Å². The smallest absolute Gasteiger partial charge is 0.0991 e. The van der Waals surface area contributed by atoms with Crippen LogP contribution < -0.4 is 5.32 Å². The van der Waals surface area contributed by atoms with Crippen LogP contribution in [0.2, 0.25) is 0 Å². The lowest BCUT2D eigenvalue weighted by molar-refractivity contribution is 0.767. The van der Waals surface area contributed by atoms with Crippen LogP contribution in [0.1, 0.15) is 4.88 Å². The first-order valence-corrected chi connectivity index (χ1v) is 6.52. The first kappa shape index (κ1) is 11.6. The van der Waals surface area contributed by atoms with Gasteiger partial charge in [0.25, 0.3) is 0 Å². The molecule has 3 nitrogen and oxygen atoms in total. The summed E-state index contributed by atoms with van der Waals surface area (Å²) in [6.45, 7) is 5.43. The molecule has 0 unspecified atom stereocenters. The summed E-state index contributed by atoms with van der Waals surface area (Å²) in [7, 11) is 0. The van der Waals surface area contributed by atoms with Crippen molar-refractivity contribution in [3.63, 3.8) is 0 Å². The van der Waals surface area contributed by atoms with Crippen LogP contribution in [0.3, 0.4) is 0 Å². The lowest BCUT2D eigenvalue weighted by Gasteiger charge is -2.00. The van der Waals surface area contributed by atoms with Crippen molar-refractivity contribution in [1.82, 2.24) is 14.9 Å². The average Bonchev–Trinajstić information content (AvgIpc) is 2.85. The second-order valence-electron chi connectivity index (χ2n) is 3.36. The second-order valence-corrected chi connectivity index (χ2v) is 5.48. The van der Waals surface area contributed by atoms with Crippen molar-refractivity contribution in [2.75, 3.05) is 6.54 Å². The van der Waals surface area contributed by atoms with Crippen molar-refractivity contribution in [3.8, 4) is 5.69 Å². The van der Waals surface area contributed by atoms with Crippen LogP contribution in [0.5, 0.6) is 0 Å². The fourth-order valence-electron chi connectivity index (χ4n) is 1.33. The summed E-state index contributed by atoms with van der Waals surface area (Å²) >= 11 is 5.06. The Morgan fingerprint density at radius 3 is 3.19 bits per heavy atom. The molecule has 0 saturated heterocycles. The number of rotatable bonds is 5. The van der Waals surface area contributed by atoms with Crippen LogP contribution in [-0.2, 0) is 6.54 Å². The molecule has 0 amide bonds. The zero-order chi connectivity index (χ0) is 11.4. The Labute approximate surface area is 107 Å². The quantitative estimate of drug-likeness (QED) is 0.920. The van der Waals surface area contributed by atoms with Gasteiger partial charge in [-0.15, -0.1) is 11.3 Å². The van der Waals surface area contributed by atoms with Gasteiger partial charge in [-0.25, -0.2) is 4.98 Å². The maximum Gasteiger partial charge on any atom is 0.0991 e. The summed E-state index contributed by atoms with van der Waals surface area (Å²) in [4.78, 5) is 5.33. The van der Waals surface area contributed by atoms with E-state index in [1.165, 1.54) is 4.88 Å². The van der Waals surface area contributed by atoms with Gasteiger partial charge in [0.2, 0.25) is 0 Å². The third kappa shape index (κ3) is 3.04. The van der Waals surface area contributed by atoms with Crippen LogP contribution >= 0.6 is 27.3 Å². The lowest BCUT2D eigenvalue weighted by atomic mass is 10.4. The van der Waals surface area contributed by atoms with E-state index < -0.39 is 0 Å². The molecule has 0 aliphatic rings. The van der Waals surface area contributed by atoms with Gasteiger partial charge in [0.05, 0.1) is 12.0 Å². The first-order valence-electron chi connectivity index (χ1n) is 4.85. The molecule has 0 aromatic carbocycles. The molecule has 5 heteroatoms. The van der Waals surface area contributed by atoms with Gasteiger partial charge in [0.15, 0.2) is 0 Å². The zero-order valence-electron chi connectivity index (χ0n) is 8.69. The Kier molecular flexibility index (Phi) is 3.93. The maximum absolute atomic E-state index is 4.03. The summed E-state index contributed by atoms with van der Waals surface area (Å²) in [5, 5.41) is 5.43. The number of nitrogens with one attached hydrogen (secondary N) is 1. The third-order valence-electron chi connectivity index (χ3n) is 2.06. The fraction of sp³-hybridized carbons (Fsp3) is 0.182. The predicted octanol–water partition coefficient (Wildman–Crippen LogP) is 2.93. The molecule has 0 saturated carbocycles. The van der Waals surface area contributed by atoms with Crippen LogP contribution in [-0.4, -0.2) is 16.1 Å². The van der Waals surface area contributed by atoms with Gasteiger partial charge >= 0.3 is 0 Å². The van der Waals surface area contributed by atoms with E-state index in [4.69, 9.17) is 0 Å². The number of hydrogen-bond acceptors (Lipinski definition) is 3. The van der Waals surface area contributed by atoms with E-state index >= 15 is 0 Å². The summed E-state index contributed by atoms with van der Waals surface area (Å²) < 4.78 is 2.97. The standard InChI is InChI=1S/C11H12BrN3S/c1-9(12)5-14-6-11-4-10(7-16-11)15-3-2-13-8-15/h2-4,7-8,14H,1,5-6H2. The first-order chi connectivity index (χ1) is 7.75. The van der Waals surface area contributed by atoms with E-state index in [2.05, 4.69) is 44.3 Å². The number of nitrogens with zero attached hydrogens (tertiary/aromatic N) is 2. The van der Waals surface area contributed by atoms with Gasteiger partial charge in [-0.3, -0.25) is 0 Å². The van der Waals surface area contributed by atoms with Gasteiger partial charge < -0.3 is 9.88 Å². The number of imidazole rings is 1. The van der Waals surface area contributed by atoms with Crippen LogP contribution in [0.25, 0.3) is 5.69 Å². The number of halogens is 1. The Bertz CT molecular complexity index is 461. The molecule has 84 valence electrons. The van der Waals surface area contributed by atoms with E-state index in [9.17, 15) is 0 Å². The minimum atomic E-state index is 0.790. The third-order valence-corrected chi connectivity index (χ3v) is 3.26. The summed E-state index contributed by atoms with van der Waals surface area (Å²) in [5.74, 6) is 0. The van der Waals surface area contributed by atoms with Crippen LogP contribution in [0, 0.1) is 0 Å². The highest BCUT2D eigenvalue weighted by Gasteiger charge is 2.01. The fourth-order valence-corrected chi connectivity index (χ4v) is 2.36. The summed E-state index contributed by atoms with van der Waals surface area (Å²) in [6.07, 6.45) is 5.53. The van der Waals surface area contributed by atoms with Crippen molar-refractivity contribution in [2.45, 2.75) is 6.54 Å². The minimum Gasteiger partial charge on any atom is -0.307 e. The summed E-state index contributed by atoms with van der Waals surface area (Å²) in [6, 6.07) is 2.16. The lowest BCUT2D eigenvalue weighted by Crippen LogP contribution is -2.13. The Morgan fingerprint density at radius 1 is 1.62 bits per heavy atom. The second kappa shape index (κ2) is 5.43. The molecule has 0 radical (unpaired) electrons.